The minimum atomic E-state index is -0.283. The van der Waals surface area contributed by atoms with Gasteiger partial charge >= 0.3 is 0 Å². The molecule has 41 heavy (non-hydrogen) atoms. The van der Waals surface area contributed by atoms with Crippen LogP contribution in [0.3, 0.4) is 0 Å². The van der Waals surface area contributed by atoms with E-state index in [0.717, 1.165) is 40.0 Å². The van der Waals surface area contributed by atoms with Gasteiger partial charge in [0.1, 0.15) is 11.4 Å². The highest BCUT2D eigenvalue weighted by Gasteiger charge is 2.39. The number of hydrogen-bond donors (Lipinski definition) is 1. The molecule has 2 amide bonds. The maximum atomic E-state index is 13.6. The number of nitrogens with one attached hydrogen (secondary N) is 1. The maximum absolute atomic E-state index is 13.6. The first-order valence-corrected chi connectivity index (χ1v) is 15.5. The second-order valence-electron chi connectivity index (χ2n) is 11.4. The van der Waals surface area contributed by atoms with Crippen molar-refractivity contribution in [2.75, 3.05) is 43.7 Å². The molecule has 0 unspecified atom stereocenters. The number of carbonyl (C=O) groups is 2. The highest BCUT2D eigenvalue weighted by Crippen LogP contribution is 2.34. The van der Waals surface area contributed by atoms with Crippen LogP contribution in [-0.2, 0) is 7.05 Å². The van der Waals surface area contributed by atoms with Crippen LogP contribution in [0.15, 0.2) is 42.5 Å². The number of piperazine rings is 1. The van der Waals surface area contributed by atoms with E-state index in [4.69, 9.17) is 4.74 Å². The summed E-state index contributed by atoms with van der Waals surface area (Å²) in [5, 5.41) is 7.78. The normalized spacial score (nSPS) is 19.2. The molecule has 3 heterocycles. The van der Waals surface area contributed by atoms with Crippen LogP contribution < -0.4 is 15.0 Å². The number of rotatable bonds is 8. The predicted octanol–water partition coefficient (Wildman–Crippen LogP) is 4.64. The van der Waals surface area contributed by atoms with E-state index >= 15 is 0 Å². The first-order chi connectivity index (χ1) is 19.6. The number of alkyl halides is 1. The lowest BCUT2D eigenvalue weighted by Gasteiger charge is -2.41. The van der Waals surface area contributed by atoms with E-state index < -0.39 is 0 Å². The minimum absolute atomic E-state index is 0.105. The SMILES string of the molecule is COc1cc(-c2cc(C(=O)N(C)C)n(C)n2)cc([C@@H](C)NC(=O)c2cc(N3C[C@H]4CC[C@@H](C3)N4CI)ccc2C)c1. The molecule has 3 atom stereocenters. The third kappa shape index (κ3) is 5.94. The number of halogens is 1. The first-order valence-electron chi connectivity index (χ1n) is 14.0. The number of amides is 2. The van der Waals surface area contributed by atoms with E-state index in [1.165, 1.54) is 17.7 Å². The number of carbonyl (C=O) groups excluding carboxylic acids is 2. The zero-order chi connectivity index (χ0) is 29.4. The van der Waals surface area contributed by atoms with Crippen LogP contribution in [-0.4, -0.2) is 82.3 Å². The van der Waals surface area contributed by atoms with Crippen molar-refractivity contribution in [2.45, 2.75) is 44.8 Å². The van der Waals surface area contributed by atoms with E-state index in [1.807, 2.05) is 38.1 Å². The molecule has 2 aromatic carbocycles. The number of anilines is 1. The lowest BCUT2D eigenvalue weighted by molar-refractivity contribution is 0.0816. The second-order valence-corrected chi connectivity index (χ2v) is 12.0. The van der Waals surface area contributed by atoms with Crippen LogP contribution in [0, 0.1) is 6.92 Å². The Bertz CT molecular complexity index is 1440. The maximum Gasteiger partial charge on any atom is 0.271 e. The summed E-state index contributed by atoms with van der Waals surface area (Å²) in [6, 6.07) is 14.7. The molecule has 2 bridgehead atoms. The number of aryl methyl sites for hydroxylation is 2. The first kappa shape index (κ1) is 29.4. The van der Waals surface area contributed by atoms with Crippen LogP contribution in [0.1, 0.15) is 57.8 Å². The molecule has 1 N–H and O–H groups in total. The summed E-state index contributed by atoms with van der Waals surface area (Å²) in [7, 11) is 6.81. The molecule has 0 aliphatic carbocycles. The van der Waals surface area contributed by atoms with E-state index in [9.17, 15) is 9.59 Å². The average Bonchev–Trinajstić information content (AvgIpc) is 3.47. The summed E-state index contributed by atoms with van der Waals surface area (Å²) in [5.41, 5.74) is 5.61. The van der Waals surface area contributed by atoms with Crippen molar-refractivity contribution in [3.8, 4) is 17.0 Å². The van der Waals surface area contributed by atoms with Gasteiger partial charge in [-0.05, 0) is 74.2 Å². The monoisotopic (exact) mass is 670 g/mol. The fourth-order valence-electron chi connectivity index (χ4n) is 5.98. The van der Waals surface area contributed by atoms with Crippen LogP contribution in [0.4, 0.5) is 5.69 Å². The fourth-order valence-corrected chi connectivity index (χ4v) is 7.09. The van der Waals surface area contributed by atoms with Gasteiger partial charge in [0, 0.05) is 63.1 Å². The van der Waals surface area contributed by atoms with Gasteiger partial charge in [-0.25, -0.2) is 0 Å². The number of aromatic nitrogens is 2. The molecule has 0 radical (unpaired) electrons. The molecule has 10 heteroatoms. The van der Waals surface area contributed by atoms with Crippen LogP contribution in [0.5, 0.6) is 5.75 Å². The Morgan fingerprint density at radius 1 is 1.12 bits per heavy atom. The van der Waals surface area contributed by atoms with Crippen molar-refractivity contribution in [3.63, 3.8) is 0 Å². The Balaban J connectivity index is 1.36. The Morgan fingerprint density at radius 2 is 1.83 bits per heavy atom. The summed E-state index contributed by atoms with van der Waals surface area (Å²) in [5.74, 6) is 0.433. The van der Waals surface area contributed by atoms with Gasteiger partial charge in [0.2, 0.25) is 0 Å². The van der Waals surface area contributed by atoms with Gasteiger partial charge < -0.3 is 19.9 Å². The molecule has 5 rings (SSSR count). The molecule has 2 fully saturated rings. The minimum Gasteiger partial charge on any atom is -0.497 e. The van der Waals surface area contributed by atoms with Crippen LogP contribution >= 0.6 is 22.6 Å². The van der Waals surface area contributed by atoms with E-state index in [0.29, 0.717) is 34.8 Å². The van der Waals surface area contributed by atoms with Crippen LogP contribution in [0.2, 0.25) is 0 Å². The molecule has 3 aromatic rings. The Hall–Kier alpha value is -3.12. The van der Waals surface area contributed by atoms with Gasteiger partial charge in [-0.15, -0.1) is 0 Å². The van der Waals surface area contributed by atoms with E-state index in [1.54, 1.807) is 39.0 Å². The van der Waals surface area contributed by atoms with Crippen molar-refractivity contribution < 1.29 is 14.3 Å². The van der Waals surface area contributed by atoms with E-state index in [2.05, 4.69) is 54.9 Å². The van der Waals surface area contributed by atoms with Gasteiger partial charge in [-0.3, -0.25) is 19.2 Å². The number of hydrogen-bond acceptors (Lipinski definition) is 6. The Morgan fingerprint density at radius 3 is 2.46 bits per heavy atom. The van der Waals surface area contributed by atoms with Crippen LogP contribution in [0.25, 0.3) is 11.3 Å². The molecule has 2 saturated heterocycles. The molecule has 0 spiro atoms. The van der Waals surface area contributed by atoms with Gasteiger partial charge in [0.05, 0.1) is 23.4 Å². The highest BCUT2D eigenvalue weighted by molar-refractivity contribution is 14.1. The number of nitrogens with zero attached hydrogens (tertiary/aromatic N) is 5. The lowest BCUT2D eigenvalue weighted by Crippen LogP contribution is -2.53. The van der Waals surface area contributed by atoms with Crippen molar-refractivity contribution in [1.82, 2.24) is 24.9 Å². The molecule has 9 nitrogen and oxygen atoms in total. The molecule has 218 valence electrons. The lowest BCUT2D eigenvalue weighted by atomic mass is 10.0. The largest absolute Gasteiger partial charge is 0.497 e. The number of methoxy groups -OCH3 is 1. The highest BCUT2D eigenvalue weighted by atomic mass is 127. The average molecular weight is 671 g/mol. The molecule has 2 aliphatic heterocycles. The standard InChI is InChI=1S/C31H39IN6O3/c1-19-7-8-23(37-16-24-9-10-25(17-37)38(24)18-32)14-27(19)30(39)33-20(2)21-11-22(13-26(12-21)41-6)28-15-29(36(5)34-28)31(40)35(3)4/h7-8,11-15,20,24-25H,9-10,16-18H2,1-6H3,(H,33,39)/t20-,24-,25+/m1/s1. The zero-order valence-electron chi connectivity index (χ0n) is 24.6. The summed E-state index contributed by atoms with van der Waals surface area (Å²) >= 11 is 2.48. The summed E-state index contributed by atoms with van der Waals surface area (Å²) < 4.78 is 8.25. The predicted molar refractivity (Wildman–Crippen MR) is 170 cm³/mol. The second kappa shape index (κ2) is 12.0. The third-order valence-corrected chi connectivity index (χ3v) is 9.20. The Kier molecular flexibility index (Phi) is 8.60. The third-order valence-electron chi connectivity index (χ3n) is 8.42. The number of benzene rings is 2. The summed E-state index contributed by atoms with van der Waals surface area (Å²) in [6.07, 6.45) is 2.49. The van der Waals surface area contributed by atoms with Gasteiger partial charge in [-0.1, -0.05) is 28.7 Å². The number of fused-ring (bicyclic) bond motifs is 2. The molecule has 2 aliphatic rings. The molecular formula is C31H39IN6O3. The van der Waals surface area contributed by atoms with Crippen molar-refractivity contribution in [2.24, 2.45) is 7.05 Å². The number of ether oxygens (including phenoxy) is 1. The summed E-state index contributed by atoms with van der Waals surface area (Å²) in [6.45, 7) is 5.96. The molecule has 1 aromatic heterocycles. The molecular weight excluding hydrogens is 631 g/mol. The van der Waals surface area contributed by atoms with Crippen molar-refractivity contribution >= 4 is 40.1 Å². The van der Waals surface area contributed by atoms with Gasteiger partial charge in [0.25, 0.3) is 11.8 Å². The van der Waals surface area contributed by atoms with E-state index in [-0.39, 0.29) is 17.9 Å². The van der Waals surface area contributed by atoms with Crippen molar-refractivity contribution in [3.05, 3.63) is 64.8 Å². The van der Waals surface area contributed by atoms with Gasteiger partial charge in [0.15, 0.2) is 0 Å². The van der Waals surface area contributed by atoms with Gasteiger partial charge in [-0.2, -0.15) is 5.10 Å². The van der Waals surface area contributed by atoms with Crippen molar-refractivity contribution in [1.29, 1.82) is 0 Å². The zero-order valence-corrected chi connectivity index (χ0v) is 26.8. The molecule has 0 saturated carbocycles. The quantitative estimate of drug-likeness (QED) is 0.214. The summed E-state index contributed by atoms with van der Waals surface area (Å²) in [4.78, 5) is 32.8. The smallest absolute Gasteiger partial charge is 0.271 e. The topological polar surface area (TPSA) is 82.9 Å². The fraction of sp³-hybridized carbons (Fsp3) is 0.452. The Labute approximate surface area is 256 Å².